The van der Waals surface area contributed by atoms with Gasteiger partial charge in [0.2, 0.25) is 0 Å². The topological polar surface area (TPSA) is 35.5 Å². The van der Waals surface area contributed by atoms with E-state index in [4.69, 9.17) is 9.05 Å². The molecule has 0 amide bonds. The molecule has 0 heterocycles. The summed E-state index contributed by atoms with van der Waals surface area (Å²) in [6.07, 6.45) is 7.14. The van der Waals surface area contributed by atoms with Crippen molar-refractivity contribution >= 4 is 7.60 Å². The molecule has 0 spiro atoms. The van der Waals surface area contributed by atoms with E-state index in [1.807, 2.05) is 6.08 Å². The van der Waals surface area contributed by atoms with E-state index in [9.17, 15) is 4.57 Å². The van der Waals surface area contributed by atoms with Crippen LogP contribution in [0.25, 0.3) is 0 Å². The molecule has 0 saturated carbocycles. The van der Waals surface area contributed by atoms with Crippen molar-refractivity contribution in [2.24, 2.45) is 0 Å². The zero-order valence-electron chi connectivity index (χ0n) is 7.53. The second-order valence-corrected chi connectivity index (χ2v) is 5.08. The Kier molecular flexibility index (Phi) is 3.51. The summed E-state index contributed by atoms with van der Waals surface area (Å²) in [6, 6.07) is 0. The fourth-order valence-corrected chi connectivity index (χ4v) is 1.91. The first-order chi connectivity index (χ1) is 5.64. The number of rotatable bonds is 3. The smallest absolute Gasteiger partial charge is 0.312 e. The lowest BCUT2D eigenvalue weighted by Gasteiger charge is -2.20. The Morgan fingerprint density at radius 3 is 2.83 bits per heavy atom. The molecule has 0 saturated heterocycles. The summed E-state index contributed by atoms with van der Waals surface area (Å²) in [5.74, 6) is 0. The highest BCUT2D eigenvalue weighted by molar-refractivity contribution is 7.52. The van der Waals surface area contributed by atoms with Crippen molar-refractivity contribution in [2.75, 3.05) is 13.8 Å². The van der Waals surface area contributed by atoms with Crippen LogP contribution in [-0.2, 0) is 13.6 Å². The van der Waals surface area contributed by atoms with Gasteiger partial charge in [-0.2, -0.15) is 0 Å². The monoisotopic (exact) mass is 190 g/mol. The first-order valence-corrected chi connectivity index (χ1v) is 6.11. The van der Waals surface area contributed by atoms with Crippen molar-refractivity contribution in [1.82, 2.24) is 0 Å². The maximum absolute atomic E-state index is 11.4. The highest BCUT2D eigenvalue weighted by atomic mass is 31.2. The van der Waals surface area contributed by atoms with Crippen LogP contribution in [0, 0.1) is 0 Å². The minimum atomic E-state index is -2.79. The molecule has 0 aliphatic heterocycles. The van der Waals surface area contributed by atoms with Crippen molar-refractivity contribution in [3.63, 3.8) is 0 Å². The van der Waals surface area contributed by atoms with Crippen molar-refractivity contribution < 1.29 is 13.6 Å². The van der Waals surface area contributed by atoms with Crippen LogP contribution in [0.3, 0.4) is 0 Å². The molecule has 4 heteroatoms. The van der Waals surface area contributed by atoms with Gasteiger partial charge in [0.25, 0.3) is 0 Å². The molecule has 12 heavy (non-hydrogen) atoms. The van der Waals surface area contributed by atoms with E-state index in [1.54, 1.807) is 0 Å². The Morgan fingerprint density at radius 2 is 2.33 bits per heavy atom. The quantitative estimate of drug-likeness (QED) is 0.506. The predicted molar refractivity (Wildman–Crippen MR) is 48.4 cm³/mol. The van der Waals surface area contributed by atoms with E-state index in [-0.39, 0.29) is 6.10 Å². The molecule has 1 aliphatic carbocycles. The van der Waals surface area contributed by atoms with Gasteiger partial charge in [0.05, 0.1) is 6.10 Å². The van der Waals surface area contributed by atoms with Gasteiger partial charge in [-0.15, -0.1) is 0 Å². The third-order valence-corrected chi connectivity index (χ3v) is 3.19. The molecule has 70 valence electrons. The summed E-state index contributed by atoms with van der Waals surface area (Å²) < 4.78 is 21.4. The van der Waals surface area contributed by atoms with Crippen LogP contribution >= 0.6 is 7.60 Å². The molecule has 2 unspecified atom stereocenters. The lowest BCUT2D eigenvalue weighted by atomic mass is 10.1. The van der Waals surface area contributed by atoms with E-state index < -0.39 is 7.60 Å². The molecular formula is C8H15O3P. The van der Waals surface area contributed by atoms with Crippen LogP contribution in [0.5, 0.6) is 0 Å². The van der Waals surface area contributed by atoms with Crippen molar-refractivity contribution in [2.45, 2.75) is 25.4 Å². The van der Waals surface area contributed by atoms with Crippen molar-refractivity contribution in [3.05, 3.63) is 12.2 Å². The SMILES string of the molecule is COP(C)(=O)OC1C=CCCC1. The Hall–Kier alpha value is -0.110. The summed E-state index contributed by atoms with van der Waals surface area (Å²) in [6.45, 7) is 1.50. The minimum Gasteiger partial charge on any atom is -0.312 e. The second-order valence-electron chi connectivity index (χ2n) is 2.96. The Morgan fingerprint density at radius 1 is 1.58 bits per heavy atom. The molecule has 0 radical (unpaired) electrons. The van der Waals surface area contributed by atoms with E-state index in [0.29, 0.717) is 0 Å². The second kappa shape index (κ2) is 4.22. The van der Waals surface area contributed by atoms with Gasteiger partial charge < -0.3 is 9.05 Å². The molecule has 0 aromatic rings. The summed E-state index contributed by atoms with van der Waals surface area (Å²) in [5.41, 5.74) is 0. The van der Waals surface area contributed by atoms with Gasteiger partial charge in [-0.25, -0.2) is 0 Å². The molecule has 1 aliphatic rings. The molecule has 0 fully saturated rings. The summed E-state index contributed by atoms with van der Waals surface area (Å²) >= 11 is 0. The maximum atomic E-state index is 11.4. The van der Waals surface area contributed by atoms with E-state index in [2.05, 4.69) is 6.08 Å². The van der Waals surface area contributed by atoms with Gasteiger partial charge in [-0.05, 0) is 19.3 Å². The first kappa shape index (κ1) is 9.97. The number of hydrogen-bond acceptors (Lipinski definition) is 3. The van der Waals surface area contributed by atoms with Crippen molar-refractivity contribution in [1.29, 1.82) is 0 Å². The van der Waals surface area contributed by atoms with E-state index in [1.165, 1.54) is 13.8 Å². The lowest BCUT2D eigenvalue weighted by molar-refractivity contribution is 0.185. The molecule has 0 N–H and O–H groups in total. The standard InChI is InChI=1S/C8H15O3P/c1-10-12(2,9)11-8-6-4-3-5-7-8/h4,6,8H,3,5,7H2,1-2H3. The normalized spacial score (nSPS) is 28.3. The van der Waals surface area contributed by atoms with Crippen LogP contribution < -0.4 is 0 Å². The van der Waals surface area contributed by atoms with Crippen LogP contribution in [0.1, 0.15) is 19.3 Å². The lowest BCUT2D eigenvalue weighted by Crippen LogP contribution is -2.10. The molecule has 2 atom stereocenters. The fourth-order valence-electron chi connectivity index (χ4n) is 1.16. The van der Waals surface area contributed by atoms with Gasteiger partial charge in [-0.3, -0.25) is 4.57 Å². The Balaban J connectivity index is 2.44. The Labute approximate surface area is 73.3 Å². The maximum Gasteiger partial charge on any atom is 0.327 e. The van der Waals surface area contributed by atoms with Crippen molar-refractivity contribution in [3.8, 4) is 0 Å². The Bertz CT molecular complexity index is 212. The van der Waals surface area contributed by atoms with Gasteiger partial charge in [0, 0.05) is 13.8 Å². The predicted octanol–water partition coefficient (Wildman–Crippen LogP) is 2.58. The average molecular weight is 190 g/mol. The molecule has 3 nitrogen and oxygen atoms in total. The fraction of sp³-hybridized carbons (Fsp3) is 0.750. The number of hydrogen-bond donors (Lipinski definition) is 0. The summed E-state index contributed by atoms with van der Waals surface area (Å²) in [5, 5.41) is 0. The highest BCUT2D eigenvalue weighted by Gasteiger charge is 2.20. The molecule has 0 bridgehead atoms. The van der Waals surface area contributed by atoms with Crippen LogP contribution in [0.4, 0.5) is 0 Å². The molecule has 1 rings (SSSR count). The van der Waals surface area contributed by atoms with Crippen LogP contribution in [0.2, 0.25) is 0 Å². The molecular weight excluding hydrogens is 175 g/mol. The first-order valence-electron chi connectivity index (χ1n) is 4.12. The van der Waals surface area contributed by atoms with Gasteiger partial charge >= 0.3 is 7.60 Å². The highest BCUT2D eigenvalue weighted by Crippen LogP contribution is 2.45. The minimum absolute atomic E-state index is 0.0190. The summed E-state index contributed by atoms with van der Waals surface area (Å²) in [4.78, 5) is 0. The molecule has 0 aromatic heterocycles. The zero-order valence-corrected chi connectivity index (χ0v) is 8.42. The van der Waals surface area contributed by atoms with Crippen LogP contribution in [0.15, 0.2) is 12.2 Å². The zero-order chi connectivity index (χ0) is 9.03. The third kappa shape index (κ3) is 3.10. The van der Waals surface area contributed by atoms with Crippen LogP contribution in [-0.4, -0.2) is 19.9 Å². The number of allylic oxidation sites excluding steroid dienone is 1. The van der Waals surface area contributed by atoms with Gasteiger partial charge in [-0.1, -0.05) is 12.2 Å². The average Bonchev–Trinajstić information content (AvgIpc) is 2.06. The summed E-state index contributed by atoms with van der Waals surface area (Å²) in [7, 11) is -1.38. The third-order valence-electron chi connectivity index (χ3n) is 1.87. The van der Waals surface area contributed by atoms with E-state index >= 15 is 0 Å². The van der Waals surface area contributed by atoms with Gasteiger partial charge in [0.1, 0.15) is 0 Å². The largest absolute Gasteiger partial charge is 0.327 e. The van der Waals surface area contributed by atoms with E-state index in [0.717, 1.165) is 19.3 Å². The van der Waals surface area contributed by atoms with Gasteiger partial charge in [0.15, 0.2) is 0 Å². The molecule has 0 aromatic carbocycles.